The van der Waals surface area contributed by atoms with Crippen molar-refractivity contribution in [1.29, 1.82) is 0 Å². The molecule has 194 valence electrons. The quantitative estimate of drug-likeness (QED) is 0.346. The first kappa shape index (κ1) is 26.0. The van der Waals surface area contributed by atoms with Crippen molar-refractivity contribution in [3.05, 3.63) is 83.4 Å². The summed E-state index contributed by atoms with van der Waals surface area (Å²) in [5, 5.41) is 4.92. The van der Waals surface area contributed by atoms with Gasteiger partial charge in [0.1, 0.15) is 11.3 Å². The molecule has 38 heavy (non-hydrogen) atoms. The maximum absolute atomic E-state index is 13.1. The molecular weight excluding hydrogens is 490 g/mol. The van der Waals surface area contributed by atoms with Gasteiger partial charge in [-0.05, 0) is 67.1 Å². The van der Waals surface area contributed by atoms with Crippen molar-refractivity contribution in [2.24, 2.45) is 0 Å². The minimum absolute atomic E-state index is 0.242. The Morgan fingerprint density at radius 3 is 2.29 bits per heavy atom. The van der Waals surface area contributed by atoms with Crippen molar-refractivity contribution in [3.8, 4) is 17.2 Å². The van der Waals surface area contributed by atoms with E-state index in [1.165, 1.54) is 32.4 Å². The van der Waals surface area contributed by atoms with Crippen LogP contribution in [0.15, 0.2) is 72.3 Å². The molecule has 10 heteroatoms. The third-order valence-electron chi connectivity index (χ3n) is 5.63. The summed E-state index contributed by atoms with van der Waals surface area (Å²) in [5.74, 6) is -0.826. The van der Waals surface area contributed by atoms with Crippen LogP contribution >= 0.6 is 0 Å². The fourth-order valence-electron chi connectivity index (χ4n) is 3.66. The highest BCUT2D eigenvalue weighted by Gasteiger charge is 2.36. The van der Waals surface area contributed by atoms with E-state index in [1.54, 1.807) is 42.5 Å². The van der Waals surface area contributed by atoms with Crippen molar-refractivity contribution in [1.82, 2.24) is 5.32 Å². The van der Waals surface area contributed by atoms with E-state index in [2.05, 4.69) is 10.6 Å². The lowest BCUT2D eigenvalue weighted by Gasteiger charge is -2.26. The van der Waals surface area contributed by atoms with Gasteiger partial charge in [-0.3, -0.25) is 19.7 Å². The van der Waals surface area contributed by atoms with E-state index < -0.39 is 17.8 Å². The molecule has 0 spiro atoms. The zero-order chi connectivity index (χ0) is 27.2. The van der Waals surface area contributed by atoms with Crippen LogP contribution in [-0.4, -0.2) is 44.6 Å². The van der Waals surface area contributed by atoms with Crippen LogP contribution in [0.1, 0.15) is 11.1 Å². The van der Waals surface area contributed by atoms with Gasteiger partial charge in [0.25, 0.3) is 17.7 Å². The highest BCUT2D eigenvalue weighted by Crippen LogP contribution is 2.30. The zero-order valence-corrected chi connectivity index (χ0v) is 20.9. The number of nitrogens with one attached hydrogen (secondary N) is 2. The number of barbiturate groups is 1. The van der Waals surface area contributed by atoms with Gasteiger partial charge in [-0.15, -0.1) is 0 Å². The number of carbonyl (C=O) groups excluding carboxylic acids is 4. The largest absolute Gasteiger partial charge is 0.497 e. The SMILES string of the molecule is COc1ccc(N2C(=O)NC(=O)/C(=C\c3ccc(OCC(=O)Nc4ccc(C)cc4)c(OC)c3)C2=O)cc1. The number of rotatable bonds is 8. The maximum atomic E-state index is 13.1. The second-order valence-electron chi connectivity index (χ2n) is 8.27. The predicted molar refractivity (Wildman–Crippen MR) is 140 cm³/mol. The van der Waals surface area contributed by atoms with Gasteiger partial charge >= 0.3 is 6.03 Å². The van der Waals surface area contributed by atoms with Gasteiger partial charge in [-0.25, -0.2) is 9.69 Å². The van der Waals surface area contributed by atoms with Crippen LogP contribution in [0.4, 0.5) is 16.2 Å². The highest BCUT2D eigenvalue weighted by atomic mass is 16.5. The molecule has 3 aromatic carbocycles. The number of ether oxygens (including phenoxy) is 3. The van der Waals surface area contributed by atoms with Crippen LogP contribution in [0.5, 0.6) is 17.2 Å². The Bertz CT molecular complexity index is 1410. The third-order valence-corrected chi connectivity index (χ3v) is 5.63. The molecular formula is C28H25N3O7. The van der Waals surface area contributed by atoms with Gasteiger partial charge in [0.05, 0.1) is 19.9 Å². The van der Waals surface area contributed by atoms with E-state index in [0.717, 1.165) is 10.5 Å². The Morgan fingerprint density at radius 2 is 1.63 bits per heavy atom. The lowest BCUT2D eigenvalue weighted by molar-refractivity contribution is -0.122. The first-order valence-corrected chi connectivity index (χ1v) is 11.5. The monoisotopic (exact) mass is 515 g/mol. The summed E-state index contributed by atoms with van der Waals surface area (Å²) in [6, 6.07) is 17.5. The van der Waals surface area contributed by atoms with Crippen molar-refractivity contribution in [3.63, 3.8) is 0 Å². The first-order chi connectivity index (χ1) is 18.3. The Hall–Kier alpha value is -5.12. The number of nitrogens with zero attached hydrogens (tertiary/aromatic N) is 1. The van der Waals surface area contributed by atoms with E-state index in [-0.39, 0.29) is 29.5 Å². The summed E-state index contributed by atoms with van der Waals surface area (Å²) in [6.07, 6.45) is 1.34. The Morgan fingerprint density at radius 1 is 0.921 bits per heavy atom. The Kier molecular flexibility index (Phi) is 7.72. The van der Waals surface area contributed by atoms with Gasteiger partial charge in [0, 0.05) is 5.69 Å². The van der Waals surface area contributed by atoms with Gasteiger partial charge in [0.2, 0.25) is 0 Å². The number of aryl methyl sites for hydroxylation is 1. The van der Waals surface area contributed by atoms with E-state index in [4.69, 9.17) is 14.2 Å². The average molecular weight is 516 g/mol. The molecule has 1 heterocycles. The molecule has 1 fully saturated rings. The lowest BCUT2D eigenvalue weighted by atomic mass is 10.1. The summed E-state index contributed by atoms with van der Waals surface area (Å²) in [5.41, 5.74) is 2.20. The Labute approximate surface area is 218 Å². The van der Waals surface area contributed by atoms with E-state index >= 15 is 0 Å². The number of urea groups is 1. The van der Waals surface area contributed by atoms with Gasteiger partial charge < -0.3 is 19.5 Å². The molecule has 5 amide bonds. The zero-order valence-electron chi connectivity index (χ0n) is 20.9. The average Bonchev–Trinajstić information content (AvgIpc) is 2.91. The van der Waals surface area contributed by atoms with Crippen LogP contribution in [0.25, 0.3) is 6.08 Å². The highest BCUT2D eigenvalue weighted by molar-refractivity contribution is 6.39. The standard InChI is InChI=1S/C28H25N3O7/c1-17-4-7-19(8-5-17)29-25(32)16-38-23-13-6-18(15-24(23)37-3)14-22-26(33)30-28(35)31(27(22)34)20-9-11-21(36-2)12-10-20/h4-15H,16H2,1-3H3,(H,29,32)(H,30,33,35)/b22-14+. The molecule has 0 unspecified atom stereocenters. The summed E-state index contributed by atoms with van der Waals surface area (Å²) in [4.78, 5) is 51.2. The van der Waals surface area contributed by atoms with Crippen LogP contribution in [0.3, 0.4) is 0 Å². The van der Waals surface area contributed by atoms with Crippen LogP contribution in [0.2, 0.25) is 0 Å². The number of hydrogen-bond acceptors (Lipinski definition) is 7. The van der Waals surface area contributed by atoms with Gasteiger partial charge in [-0.1, -0.05) is 23.8 Å². The number of hydrogen-bond donors (Lipinski definition) is 2. The molecule has 4 rings (SSSR count). The molecule has 0 aliphatic carbocycles. The molecule has 0 bridgehead atoms. The molecule has 0 aromatic heterocycles. The number of anilines is 2. The minimum atomic E-state index is -0.854. The molecule has 0 radical (unpaired) electrons. The van der Waals surface area contributed by atoms with Gasteiger partial charge in [-0.2, -0.15) is 0 Å². The lowest BCUT2D eigenvalue weighted by Crippen LogP contribution is -2.54. The molecule has 1 aliphatic heterocycles. The summed E-state index contributed by atoms with van der Waals surface area (Å²) in [6.45, 7) is 1.69. The van der Waals surface area contributed by atoms with E-state index in [1.807, 2.05) is 19.1 Å². The van der Waals surface area contributed by atoms with Gasteiger partial charge in [0.15, 0.2) is 18.1 Å². The second kappa shape index (κ2) is 11.3. The minimum Gasteiger partial charge on any atom is -0.497 e. The molecule has 3 aromatic rings. The van der Waals surface area contributed by atoms with Crippen molar-refractivity contribution < 1.29 is 33.4 Å². The number of carbonyl (C=O) groups is 4. The van der Waals surface area contributed by atoms with Crippen molar-refractivity contribution in [2.45, 2.75) is 6.92 Å². The van der Waals surface area contributed by atoms with Crippen LogP contribution < -0.4 is 29.7 Å². The fraction of sp³-hybridized carbons (Fsp3) is 0.143. The summed E-state index contributed by atoms with van der Waals surface area (Å²) < 4.78 is 16.1. The normalized spacial score (nSPS) is 14.2. The molecule has 0 atom stereocenters. The van der Waals surface area contributed by atoms with Crippen LogP contribution in [0, 0.1) is 6.92 Å². The number of methoxy groups -OCH3 is 2. The molecule has 0 saturated carbocycles. The summed E-state index contributed by atoms with van der Waals surface area (Å²) in [7, 11) is 2.92. The maximum Gasteiger partial charge on any atom is 0.335 e. The number of amides is 5. The Balaban J connectivity index is 1.50. The number of benzene rings is 3. The van der Waals surface area contributed by atoms with E-state index in [0.29, 0.717) is 22.7 Å². The van der Waals surface area contributed by atoms with Crippen LogP contribution in [-0.2, 0) is 14.4 Å². The van der Waals surface area contributed by atoms with Crippen molar-refractivity contribution >= 4 is 41.2 Å². The topological polar surface area (TPSA) is 123 Å². The summed E-state index contributed by atoms with van der Waals surface area (Å²) >= 11 is 0. The third kappa shape index (κ3) is 5.81. The fourth-order valence-corrected chi connectivity index (χ4v) is 3.66. The first-order valence-electron chi connectivity index (χ1n) is 11.5. The second-order valence-corrected chi connectivity index (χ2v) is 8.27. The molecule has 2 N–H and O–H groups in total. The molecule has 10 nitrogen and oxygen atoms in total. The predicted octanol–water partition coefficient (Wildman–Crippen LogP) is 3.70. The van der Waals surface area contributed by atoms with E-state index in [9.17, 15) is 19.2 Å². The van der Waals surface area contributed by atoms with Crippen molar-refractivity contribution in [2.75, 3.05) is 31.0 Å². The molecule has 1 saturated heterocycles. The number of imide groups is 2. The smallest absolute Gasteiger partial charge is 0.335 e. The molecule has 1 aliphatic rings.